The summed E-state index contributed by atoms with van der Waals surface area (Å²) < 4.78 is 5.68. The van der Waals surface area contributed by atoms with E-state index in [-0.39, 0.29) is 30.2 Å². The lowest BCUT2D eigenvalue weighted by atomic mass is 10.1. The van der Waals surface area contributed by atoms with Gasteiger partial charge in [-0.15, -0.1) is 0 Å². The van der Waals surface area contributed by atoms with Gasteiger partial charge in [0.15, 0.2) is 0 Å². The number of rotatable bonds is 6. The van der Waals surface area contributed by atoms with E-state index in [2.05, 4.69) is 10.2 Å². The van der Waals surface area contributed by atoms with Crippen molar-refractivity contribution < 1.29 is 14.0 Å². The van der Waals surface area contributed by atoms with Crippen LogP contribution in [0.4, 0.5) is 5.69 Å². The molecule has 1 N–H and O–H groups in total. The summed E-state index contributed by atoms with van der Waals surface area (Å²) in [5.74, 6) is 0.527. The highest BCUT2D eigenvalue weighted by atomic mass is 16.3. The molecule has 6 heteroatoms. The van der Waals surface area contributed by atoms with Crippen LogP contribution in [0.3, 0.4) is 0 Å². The lowest BCUT2D eigenvalue weighted by Gasteiger charge is -2.29. The zero-order valence-electron chi connectivity index (χ0n) is 16.8. The van der Waals surface area contributed by atoms with E-state index in [1.54, 1.807) is 11.2 Å². The van der Waals surface area contributed by atoms with E-state index in [9.17, 15) is 9.59 Å². The lowest BCUT2D eigenvalue weighted by Crippen LogP contribution is -2.41. The second-order valence-corrected chi connectivity index (χ2v) is 7.97. The third kappa shape index (κ3) is 4.70. The number of carbonyl (C=O) groups excluding carboxylic acids is 2. The van der Waals surface area contributed by atoms with Gasteiger partial charge >= 0.3 is 0 Å². The topological polar surface area (TPSA) is 65.8 Å². The molecular weight excluding hydrogens is 366 g/mol. The molecule has 6 nitrogen and oxygen atoms in total. The molecule has 0 radical (unpaired) electrons. The third-order valence-corrected chi connectivity index (χ3v) is 5.99. The van der Waals surface area contributed by atoms with E-state index in [4.69, 9.17) is 4.42 Å². The fraction of sp³-hybridized carbons (Fsp3) is 0.478. The molecule has 29 heavy (non-hydrogen) atoms. The summed E-state index contributed by atoms with van der Waals surface area (Å²) in [5.41, 5.74) is 0.853. The Labute approximate surface area is 171 Å². The second kappa shape index (κ2) is 9.27. The molecule has 0 saturated carbocycles. The number of nitrogens with zero attached hydrogens (tertiary/aromatic N) is 2. The molecule has 4 rings (SSSR count). The van der Waals surface area contributed by atoms with Gasteiger partial charge in [0.05, 0.1) is 18.2 Å². The zero-order chi connectivity index (χ0) is 20.1. The van der Waals surface area contributed by atoms with Crippen molar-refractivity contribution in [3.05, 3.63) is 54.5 Å². The summed E-state index contributed by atoms with van der Waals surface area (Å²) in [6.45, 7) is 2.97. The smallest absolute Gasteiger partial charge is 0.227 e. The highest BCUT2D eigenvalue weighted by Gasteiger charge is 2.35. The normalized spacial score (nSPS) is 21.7. The minimum Gasteiger partial charge on any atom is -0.468 e. The van der Waals surface area contributed by atoms with Crippen LogP contribution in [0.2, 0.25) is 0 Å². The maximum absolute atomic E-state index is 12.9. The van der Waals surface area contributed by atoms with E-state index in [1.165, 1.54) is 25.7 Å². The van der Waals surface area contributed by atoms with Crippen LogP contribution >= 0.6 is 0 Å². The van der Waals surface area contributed by atoms with Crippen LogP contribution in [0.5, 0.6) is 0 Å². The predicted molar refractivity (Wildman–Crippen MR) is 111 cm³/mol. The number of hydrogen-bond donors (Lipinski definition) is 1. The van der Waals surface area contributed by atoms with Crippen molar-refractivity contribution in [1.82, 2.24) is 10.2 Å². The molecule has 2 saturated heterocycles. The largest absolute Gasteiger partial charge is 0.468 e. The Kier molecular flexibility index (Phi) is 6.30. The molecule has 2 atom stereocenters. The Morgan fingerprint density at radius 1 is 1.07 bits per heavy atom. The first-order valence-corrected chi connectivity index (χ1v) is 10.6. The van der Waals surface area contributed by atoms with Gasteiger partial charge in [-0.2, -0.15) is 0 Å². The molecule has 1 aromatic carbocycles. The molecule has 0 spiro atoms. The van der Waals surface area contributed by atoms with E-state index in [1.807, 2.05) is 42.5 Å². The van der Waals surface area contributed by atoms with Gasteiger partial charge in [-0.25, -0.2) is 0 Å². The van der Waals surface area contributed by atoms with Gasteiger partial charge in [-0.3, -0.25) is 14.5 Å². The Bertz CT molecular complexity index is 798. The average molecular weight is 396 g/mol. The zero-order valence-corrected chi connectivity index (χ0v) is 16.8. The fourth-order valence-corrected chi connectivity index (χ4v) is 4.38. The van der Waals surface area contributed by atoms with Gasteiger partial charge < -0.3 is 14.6 Å². The minimum absolute atomic E-state index is 0.00597. The van der Waals surface area contributed by atoms with Gasteiger partial charge in [0.25, 0.3) is 0 Å². The summed E-state index contributed by atoms with van der Waals surface area (Å²) >= 11 is 0. The SMILES string of the molecule is O=C(NCC(c1ccco1)N1CCCCCC1)C1CC(=O)N(c2ccccc2)C1. The summed E-state index contributed by atoms with van der Waals surface area (Å²) in [5, 5.41) is 3.10. The molecule has 3 heterocycles. The molecule has 2 aliphatic rings. The first-order valence-electron chi connectivity index (χ1n) is 10.6. The van der Waals surface area contributed by atoms with Crippen LogP contribution in [-0.4, -0.2) is 42.9 Å². The van der Waals surface area contributed by atoms with Crippen molar-refractivity contribution in [2.75, 3.05) is 31.1 Å². The summed E-state index contributed by atoms with van der Waals surface area (Å²) in [6, 6.07) is 13.5. The number of anilines is 1. The van der Waals surface area contributed by atoms with Crippen LogP contribution in [0.15, 0.2) is 53.1 Å². The summed E-state index contributed by atoms with van der Waals surface area (Å²) in [6.07, 6.45) is 6.81. The molecule has 2 aromatic rings. The minimum atomic E-state index is -0.316. The first kappa shape index (κ1) is 19.7. The van der Waals surface area contributed by atoms with Crippen LogP contribution in [0, 0.1) is 5.92 Å². The summed E-state index contributed by atoms with van der Waals surface area (Å²) in [7, 11) is 0. The highest BCUT2D eigenvalue weighted by molar-refractivity contribution is 6.00. The fourth-order valence-electron chi connectivity index (χ4n) is 4.38. The molecule has 0 aliphatic carbocycles. The molecule has 2 amide bonds. The number of amides is 2. The van der Waals surface area contributed by atoms with Crippen molar-refractivity contribution in [3.8, 4) is 0 Å². The number of likely N-dealkylation sites (tertiary alicyclic amines) is 1. The van der Waals surface area contributed by atoms with E-state index in [0.29, 0.717) is 13.1 Å². The van der Waals surface area contributed by atoms with Crippen LogP contribution in [0.25, 0.3) is 0 Å². The van der Waals surface area contributed by atoms with Crippen molar-refractivity contribution in [2.45, 2.75) is 38.1 Å². The Balaban J connectivity index is 1.38. The van der Waals surface area contributed by atoms with Crippen LogP contribution in [0.1, 0.15) is 43.9 Å². The van der Waals surface area contributed by atoms with Gasteiger partial charge in [-0.1, -0.05) is 31.0 Å². The molecular formula is C23H29N3O3. The number of hydrogen-bond acceptors (Lipinski definition) is 4. The van der Waals surface area contributed by atoms with Gasteiger partial charge in [0.1, 0.15) is 5.76 Å². The van der Waals surface area contributed by atoms with Gasteiger partial charge in [-0.05, 0) is 50.2 Å². The van der Waals surface area contributed by atoms with E-state index >= 15 is 0 Å². The molecule has 0 bridgehead atoms. The maximum atomic E-state index is 12.9. The standard InChI is InChI=1S/C23H29N3O3/c27-22-15-18(17-26(22)19-9-4-3-5-10-19)23(28)24-16-20(21-11-8-14-29-21)25-12-6-1-2-7-13-25/h3-5,8-11,14,18,20H,1-2,6-7,12-13,15-17H2,(H,24,28). The number of para-hydroxylation sites is 1. The maximum Gasteiger partial charge on any atom is 0.227 e. The average Bonchev–Trinajstić information content (AvgIpc) is 3.33. The number of benzene rings is 1. The highest BCUT2D eigenvalue weighted by Crippen LogP contribution is 2.27. The van der Waals surface area contributed by atoms with Gasteiger partial charge in [0, 0.05) is 25.2 Å². The first-order chi connectivity index (χ1) is 14.2. The quantitative estimate of drug-likeness (QED) is 0.814. The Morgan fingerprint density at radius 3 is 2.52 bits per heavy atom. The lowest BCUT2D eigenvalue weighted by molar-refractivity contribution is -0.126. The van der Waals surface area contributed by atoms with Crippen LogP contribution < -0.4 is 10.2 Å². The predicted octanol–water partition coefficient (Wildman–Crippen LogP) is 3.37. The van der Waals surface area contributed by atoms with Crippen molar-refractivity contribution >= 4 is 17.5 Å². The Morgan fingerprint density at radius 2 is 1.83 bits per heavy atom. The van der Waals surface area contributed by atoms with E-state index in [0.717, 1.165) is 24.5 Å². The molecule has 154 valence electrons. The second-order valence-electron chi connectivity index (χ2n) is 7.97. The third-order valence-electron chi connectivity index (χ3n) is 5.99. The molecule has 2 aliphatic heterocycles. The molecule has 1 aromatic heterocycles. The van der Waals surface area contributed by atoms with Crippen molar-refractivity contribution in [3.63, 3.8) is 0 Å². The van der Waals surface area contributed by atoms with Crippen LogP contribution in [-0.2, 0) is 9.59 Å². The number of carbonyl (C=O) groups is 2. The van der Waals surface area contributed by atoms with Crippen molar-refractivity contribution in [1.29, 1.82) is 0 Å². The van der Waals surface area contributed by atoms with E-state index < -0.39 is 0 Å². The molecule has 2 fully saturated rings. The monoisotopic (exact) mass is 395 g/mol. The Hall–Kier alpha value is -2.60. The van der Waals surface area contributed by atoms with Gasteiger partial charge in [0.2, 0.25) is 11.8 Å². The molecule has 2 unspecified atom stereocenters. The number of nitrogens with one attached hydrogen (secondary N) is 1. The van der Waals surface area contributed by atoms with Crippen molar-refractivity contribution in [2.24, 2.45) is 5.92 Å². The number of furan rings is 1. The summed E-state index contributed by atoms with van der Waals surface area (Å²) in [4.78, 5) is 29.4.